The van der Waals surface area contributed by atoms with Crippen LogP contribution < -0.4 is 0 Å². The average molecular weight is 185 g/mol. The van der Waals surface area contributed by atoms with E-state index in [2.05, 4.69) is 0 Å². The van der Waals surface area contributed by atoms with Gasteiger partial charge >= 0.3 is 0 Å². The minimum absolute atomic E-state index is 0.329. The highest BCUT2D eigenvalue weighted by atomic mass is 35.5. The highest BCUT2D eigenvalue weighted by molar-refractivity contribution is 6.31. The zero-order chi connectivity index (χ0) is 9.14. The lowest BCUT2D eigenvalue weighted by atomic mass is 10.1. The molecule has 12 heavy (non-hydrogen) atoms. The van der Waals surface area contributed by atoms with E-state index in [0.29, 0.717) is 6.42 Å². The first-order valence-electron chi connectivity index (χ1n) is 4.02. The van der Waals surface area contributed by atoms with Gasteiger partial charge in [0.15, 0.2) is 0 Å². The SMILES string of the molecule is Cc1ccc(C[C@H](C)O)c(Cl)c1. The Balaban J connectivity index is 2.86. The summed E-state index contributed by atoms with van der Waals surface area (Å²) in [5, 5.41) is 9.89. The van der Waals surface area contributed by atoms with Crippen molar-refractivity contribution in [1.82, 2.24) is 0 Å². The van der Waals surface area contributed by atoms with E-state index in [1.54, 1.807) is 6.92 Å². The van der Waals surface area contributed by atoms with Gasteiger partial charge in [-0.3, -0.25) is 0 Å². The van der Waals surface area contributed by atoms with Gasteiger partial charge in [-0.2, -0.15) is 0 Å². The van der Waals surface area contributed by atoms with Crippen LogP contribution in [0, 0.1) is 6.92 Å². The normalized spacial score (nSPS) is 13.0. The quantitative estimate of drug-likeness (QED) is 0.749. The molecule has 1 nitrogen and oxygen atoms in total. The Hall–Kier alpha value is -0.530. The Morgan fingerprint density at radius 2 is 2.17 bits per heavy atom. The first-order valence-corrected chi connectivity index (χ1v) is 4.40. The minimum Gasteiger partial charge on any atom is -0.393 e. The maximum Gasteiger partial charge on any atom is 0.0552 e. The van der Waals surface area contributed by atoms with Crippen LogP contribution in [-0.2, 0) is 6.42 Å². The van der Waals surface area contributed by atoms with Crippen LogP contribution >= 0.6 is 11.6 Å². The molecule has 0 radical (unpaired) electrons. The molecule has 2 heteroatoms. The van der Waals surface area contributed by atoms with Crippen molar-refractivity contribution in [2.24, 2.45) is 0 Å². The van der Waals surface area contributed by atoms with E-state index in [0.717, 1.165) is 16.1 Å². The number of halogens is 1. The Kier molecular flexibility index (Phi) is 3.12. The van der Waals surface area contributed by atoms with Gasteiger partial charge < -0.3 is 5.11 Å². The highest BCUT2D eigenvalue weighted by Gasteiger charge is 2.03. The van der Waals surface area contributed by atoms with Crippen LogP contribution in [0.1, 0.15) is 18.1 Å². The Bertz CT molecular complexity index is 269. The van der Waals surface area contributed by atoms with Crippen LogP contribution in [0.5, 0.6) is 0 Å². The molecule has 0 saturated carbocycles. The molecule has 66 valence electrons. The highest BCUT2D eigenvalue weighted by Crippen LogP contribution is 2.18. The molecule has 0 aromatic heterocycles. The zero-order valence-corrected chi connectivity index (χ0v) is 8.10. The van der Waals surface area contributed by atoms with Crippen molar-refractivity contribution in [3.63, 3.8) is 0 Å². The number of aryl methyl sites for hydroxylation is 1. The van der Waals surface area contributed by atoms with E-state index in [9.17, 15) is 0 Å². The summed E-state index contributed by atoms with van der Waals surface area (Å²) >= 11 is 5.96. The predicted molar refractivity (Wildman–Crippen MR) is 51.6 cm³/mol. The fourth-order valence-electron chi connectivity index (χ4n) is 1.14. The van der Waals surface area contributed by atoms with Crippen LogP contribution in [0.4, 0.5) is 0 Å². The fourth-order valence-corrected chi connectivity index (χ4v) is 1.45. The molecule has 0 fully saturated rings. The third kappa shape index (κ3) is 2.50. The lowest BCUT2D eigenvalue weighted by molar-refractivity contribution is 0.195. The maximum atomic E-state index is 9.14. The van der Waals surface area contributed by atoms with Gasteiger partial charge in [-0.1, -0.05) is 23.7 Å². The molecule has 1 aromatic rings. The van der Waals surface area contributed by atoms with E-state index in [-0.39, 0.29) is 6.10 Å². The van der Waals surface area contributed by atoms with Crippen LogP contribution in [0.15, 0.2) is 18.2 Å². The molecule has 0 aliphatic heterocycles. The summed E-state index contributed by atoms with van der Waals surface area (Å²) in [5.74, 6) is 0. The Morgan fingerprint density at radius 1 is 1.50 bits per heavy atom. The van der Waals surface area contributed by atoms with Crippen LogP contribution in [-0.4, -0.2) is 11.2 Å². The molecule has 0 unspecified atom stereocenters. The second kappa shape index (κ2) is 3.92. The van der Waals surface area contributed by atoms with Crippen molar-refractivity contribution in [1.29, 1.82) is 0 Å². The van der Waals surface area contributed by atoms with E-state index in [1.165, 1.54) is 0 Å². The summed E-state index contributed by atoms with van der Waals surface area (Å²) in [4.78, 5) is 0. The number of hydrogen-bond acceptors (Lipinski definition) is 1. The Morgan fingerprint density at radius 3 is 2.67 bits per heavy atom. The standard InChI is InChI=1S/C10H13ClO/c1-7-3-4-9(6-8(2)12)10(11)5-7/h3-5,8,12H,6H2,1-2H3/t8-/m0/s1. The first-order chi connectivity index (χ1) is 5.59. The molecule has 0 aliphatic carbocycles. The molecule has 0 bridgehead atoms. The number of rotatable bonds is 2. The summed E-state index contributed by atoms with van der Waals surface area (Å²) in [7, 11) is 0. The van der Waals surface area contributed by atoms with Crippen molar-refractivity contribution in [2.45, 2.75) is 26.4 Å². The van der Waals surface area contributed by atoms with Gasteiger partial charge in [-0.05, 0) is 37.5 Å². The molecular formula is C10H13ClO. The van der Waals surface area contributed by atoms with Gasteiger partial charge in [0.1, 0.15) is 0 Å². The number of aliphatic hydroxyl groups is 1. The van der Waals surface area contributed by atoms with Gasteiger partial charge in [0.2, 0.25) is 0 Å². The maximum absolute atomic E-state index is 9.14. The van der Waals surface area contributed by atoms with Crippen LogP contribution in [0.2, 0.25) is 5.02 Å². The molecular weight excluding hydrogens is 172 g/mol. The van der Waals surface area contributed by atoms with E-state index < -0.39 is 0 Å². The lowest BCUT2D eigenvalue weighted by Crippen LogP contribution is -2.04. The van der Waals surface area contributed by atoms with Crippen molar-refractivity contribution in [3.05, 3.63) is 34.3 Å². The summed E-state index contributed by atoms with van der Waals surface area (Å²) < 4.78 is 0. The van der Waals surface area contributed by atoms with Gasteiger partial charge in [-0.15, -0.1) is 0 Å². The fraction of sp³-hybridized carbons (Fsp3) is 0.400. The third-order valence-corrected chi connectivity index (χ3v) is 2.08. The molecule has 0 heterocycles. The van der Waals surface area contributed by atoms with E-state index in [4.69, 9.17) is 16.7 Å². The summed E-state index contributed by atoms with van der Waals surface area (Å²) in [6.07, 6.45) is 0.296. The lowest BCUT2D eigenvalue weighted by Gasteiger charge is -2.06. The predicted octanol–water partition coefficient (Wildman–Crippen LogP) is 2.57. The molecule has 1 atom stereocenters. The Labute approximate surface area is 78.0 Å². The summed E-state index contributed by atoms with van der Waals surface area (Å²) in [6, 6.07) is 5.88. The van der Waals surface area contributed by atoms with Crippen molar-refractivity contribution < 1.29 is 5.11 Å². The van der Waals surface area contributed by atoms with Crippen molar-refractivity contribution >= 4 is 11.6 Å². The molecule has 0 spiro atoms. The van der Waals surface area contributed by atoms with Gasteiger partial charge in [0.25, 0.3) is 0 Å². The van der Waals surface area contributed by atoms with Gasteiger partial charge in [-0.25, -0.2) is 0 Å². The third-order valence-electron chi connectivity index (χ3n) is 1.72. The summed E-state index contributed by atoms with van der Waals surface area (Å²) in [5.41, 5.74) is 2.16. The average Bonchev–Trinajstić information content (AvgIpc) is 1.94. The molecule has 1 rings (SSSR count). The summed E-state index contributed by atoms with van der Waals surface area (Å²) in [6.45, 7) is 3.76. The van der Waals surface area contributed by atoms with E-state index >= 15 is 0 Å². The topological polar surface area (TPSA) is 20.2 Å². The van der Waals surface area contributed by atoms with Gasteiger partial charge in [0.05, 0.1) is 6.10 Å². The minimum atomic E-state index is -0.329. The number of aliphatic hydroxyl groups excluding tert-OH is 1. The zero-order valence-electron chi connectivity index (χ0n) is 7.34. The number of hydrogen-bond donors (Lipinski definition) is 1. The second-order valence-corrected chi connectivity index (χ2v) is 3.56. The molecule has 0 saturated heterocycles. The smallest absolute Gasteiger partial charge is 0.0552 e. The van der Waals surface area contributed by atoms with Gasteiger partial charge in [0, 0.05) is 5.02 Å². The molecule has 0 amide bonds. The van der Waals surface area contributed by atoms with E-state index in [1.807, 2.05) is 25.1 Å². The largest absolute Gasteiger partial charge is 0.393 e. The monoisotopic (exact) mass is 184 g/mol. The molecule has 1 N–H and O–H groups in total. The molecule has 1 aromatic carbocycles. The van der Waals surface area contributed by atoms with Crippen molar-refractivity contribution in [3.8, 4) is 0 Å². The van der Waals surface area contributed by atoms with Crippen molar-refractivity contribution in [2.75, 3.05) is 0 Å². The molecule has 0 aliphatic rings. The number of benzene rings is 1. The second-order valence-electron chi connectivity index (χ2n) is 3.15. The van der Waals surface area contributed by atoms with Crippen LogP contribution in [0.3, 0.4) is 0 Å². The first kappa shape index (κ1) is 9.56. The van der Waals surface area contributed by atoms with Crippen LogP contribution in [0.25, 0.3) is 0 Å².